The minimum absolute atomic E-state index is 0.143. The molecular weight excluding hydrogens is 362 g/mol. The number of hydrogen-bond acceptors (Lipinski definition) is 6. The molecule has 0 bridgehead atoms. The Hall–Kier alpha value is -2.64. The first-order chi connectivity index (χ1) is 13.4. The second kappa shape index (κ2) is 8.58. The normalized spacial score (nSPS) is 18.8. The first kappa shape index (κ1) is 20.1. The molecule has 0 aromatic heterocycles. The molecule has 2 aliphatic heterocycles. The van der Waals surface area contributed by atoms with E-state index in [0.29, 0.717) is 24.7 Å². The Labute approximate surface area is 164 Å². The third-order valence-corrected chi connectivity index (χ3v) is 5.58. The summed E-state index contributed by atoms with van der Waals surface area (Å²) >= 11 is 0. The van der Waals surface area contributed by atoms with E-state index in [2.05, 4.69) is 11.8 Å². The molecule has 8 nitrogen and oxygen atoms in total. The topological polar surface area (TPSA) is 93.0 Å². The summed E-state index contributed by atoms with van der Waals surface area (Å²) in [6, 6.07) is 4.27. The van der Waals surface area contributed by atoms with Crippen LogP contribution < -0.4 is 4.90 Å². The molecule has 3 rings (SSSR count). The van der Waals surface area contributed by atoms with Gasteiger partial charge in [-0.15, -0.1) is 0 Å². The third kappa shape index (κ3) is 4.43. The van der Waals surface area contributed by atoms with Crippen LogP contribution in [0.3, 0.4) is 0 Å². The number of nitrogens with zero attached hydrogens (tertiary/aromatic N) is 3. The smallest absolute Gasteiger partial charge is 0.341 e. The molecule has 0 saturated carbocycles. The summed E-state index contributed by atoms with van der Waals surface area (Å²) in [5.74, 6) is -0.301. The average Bonchev–Trinajstić information content (AvgIpc) is 3.22. The van der Waals surface area contributed by atoms with E-state index < -0.39 is 17.0 Å². The van der Waals surface area contributed by atoms with Gasteiger partial charge in [-0.25, -0.2) is 4.79 Å². The van der Waals surface area contributed by atoms with Gasteiger partial charge in [-0.2, -0.15) is 0 Å². The summed E-state index contributed by atoms with van der Waals surface area (Å²) in [7, 11) is 0. The summed E-state index contributed by atoms with van der Waals surface area (Å²) in [6.45, 7) is 6.65. The van der Waals surface area contributed by atoms with Gasteiger partial charge < -0.3 is 14.5 Å². The Kier molecular flexibility index (Phi) is 6.16. The number of nitro benzene ring substituents is 1. The molecule has 2 aliphatic rings. The minimum Gasteiger partial charge on any atom is -0.449 e. The van der Waals surface area contributed by atoms with E-state index in [4.69, 9.17) is 4.74 Å². The second-order valence-electron chi connectivity index (χ2n) is 7.71. The molecule has 0 aliphatic carbocycles. The number of piperidine rings is 1. The number of nitro groups is 1. The Balaban J connectivity index is 1.81. The van der Waals surface area contributed by atoms with E-state index in [-0.39, 0.29) is 17.2 Å². The number of hydrogen-bond donors (Lipinski definition) is 0. The lowest BCUT2D eigenvalue weighted by atomic mass is 9.98. The van der Waals surface area contributed by atoms with Crippen molar-refractivity contribution < 1.29 is 19.2 Å². The van der Waals surface area contributed by atoms with Crippen LogP contribution >= 0.6 is 0 Å². The van der Waals surface area contributed by atoms with Gasteiger partial charge in [0, 0.05) is 38.3 Å². The minimum atomic E-state index is -0.918. The van der Waals surface area contributed by atoms with Crippen LogP contribution in [0.15, 0.2) is 18.2 Å². The van der Waals surface area contributed by atoms with Gasteiger partial charge in [0.1, 0.15) is 0 Å². The number of amides is 1. The molecule has 1 atom stereocenters. The molecule has 2 saturated heterocycles. The molecule has 1 aromatic carbocycles. The van der Waals surface area contributed by atoms with Gasteiger partial charge in [-0.1, -0.05) is 6.92 Å². The van der Waals surface area contributed by atoms with Crippen molar-refractivity contribution in [3.05, 3.63) is 33.9 Å². The summed E-state index contributed by atoms with van der Waals surface area (Å²) < 4.78 is 5.42. The van der Waals surface area contributed by atoms with Crippen LogP contribution in [0.2, 0.25) is 0 Å². The zero-order chi connectivity index (χ0) is 20.3. The maximum Gasteiger partial charge on any atom is 0.341 e. The van der Waals surface area contributed by atoms with Crippen molar-refractivity contribution in [3.63, 3.8) is 0 Å². The first-order valence-electron chi connectivity index (χ1n) is 9.90. The third-order valence-electron chi connectivity index (χ3n) is 5.58. The van der Waals surface area contributed by atoms with Crippen LogP contribution in [0.5, 0.6) is 0 Å². The first-order valence-corrected chi connectivity index (χ1v) is 9.90. The fraction of sp³-hybridized carbons (Fsp3) is 0.600. The molecule has 2 fully saturated rings. The van der Waals surface area contributed by atoms with E-state index >= 15 is 0 Å². The lowest BCUT2D eigenvalue weighted by Crippen LogP contribution is -2.38. The van der Waals surface area contributed by atoms with E-state index in [0.717, 1.165) is 38.8 Å². The largest absolute Gasteiger partial charge is 0.449 e. The highest BCUT2D eigenvalue weighted by Crippen LogP contribution is 2.30. The van der Waals surface area contributed by atoms with Crippen LogP contribution in [0, 0.1) is 16.0 Å². The summed E-state index contributed by atoms with van der Waals surface area (Å²) in [4.78, 5) is 39.7. The fourth-order valence-electron chi connectivity index (χ4n) is 3.80. The quantitative estimate of drug-likeness (QED) is 0.437. The predicted octanol–water partition coefficient (Wildman–Crippen LogP) is 3.00. The van der Waals surface area contributed by atoms with E-state index in [9.17, 15) is 19.7 Å². The van der Waals surface area contributed by atoms with Gasteiger partial charge in [0.25, 0.3) is 11.6 Å². The van der Waals surface area contributed by atoms with Crippen molar-refractivity contribution in [2.45, 2.75) is 45.6 Å². The number of carbonyl (C=O) groups excluding carboxylic acids is 2. The zero-order valence-corrected chi connectivity index (χ0v) is 16.4. The second-order valence-corrected chi connectivity index (χ2v) is 7.71. The molecular formula is C20H27N3O5. The predicted molar refractivity (Wildman–Crippen MR) is 104 cm³/mol. The highest BCUT2D eigenvalue weighted by atomic mass is 16.6. The van der Waals surface area contributed by atoms with Crippen LogP contribution in [-0.4, -0.2) is 54.0 Å². The maximum atomic E-state index is 12.8. The van der Waals surface area contributed by atoms with Gasteiger partial charge >= 0.3 is 5.97 Å². The molecule has 0 unspecified atom stereocenters. The van der Waals surface area contributed by atoms with Crippen molar-refractivity contribution in [3.8, 4) is 0 Å². The monoisotopic (exact) mass is 389 g/mol. The number of rotatable bonds is 5. The van der Waals surface area contributed by atoms with Crippen LogP contribution in [0.25, 0.3) is 0 Å². The Bertz CT molecular complexity index is 752. The van der Waals surface area contributed by atoms with Crippen molar-refractivity contribution in [1.29, 1.82) is 0 Å². The van der Waals surface area contributed by atoms with Gasteiger partial charge in [0.05, 0.1) is 16.2 Å². The maximum absolute atomic E-state index is 12.8. The standard InChI is InChI=1S/C20H27N3O5/c1-14-7-11-21(12-8-14)18-6-5-16(23(26)27)13-17(18)20(25)28-15(2)19(24)22-9-3-4-10-22/h5-6,13-15H,3-4,7-12H2,1-2H3/t15-/m1/s1. The molecule has 0 radical (unpaired) electrons. The van der Waals surface area contributed by atoms with Crippen molar-refractivity contribution in [1.82, 2.24) is 4.90 Å². The van der Waals surface area contributed by atoms with E-state index in [1.54, 1.807) is 17.9 Å². The Morgan fingerprint density at radius 3 is 2.43 bits per heavy atom. The van der Waals surface area contributed by atoms with Crippen LogP contribution in [-0.2, 0) is 9.53 Å². The fourth-order valence-corrected chi connectivity index (χ4v) is 3.80. The molecule has 152 valence electrons. The van der Waals surface area contributed by atoms with Gasteiger partial charge in [-0.3, -0.25) is 14.9 Å². The molecule has 8 heteroatoms. The molecule has 1 amide bonds. The SMILES string of the molecule is CC1CCN(c2ccc([N+](=O)[O-])cc2C(=O)O[C@H](C)C(=O)N2CCCC2)CC1. The average molecular weight is 389 g/mol. The summed E-state index contributed by atoms with van der Waals surface area (Å²) in [6.07, 6.45) is 2.98. The number of benzene rings is 1. The Morgan fingerprint density at radius 2 is 1.82 bits per heavy atom. The highest BCUT2D eigenvalue weighted by Gasteiger charge is 2.29. The number of likely N-dealkylation sites (tertiary alicyclic amines) is 1. The molecule has 1 aromatic rings. The zero-order valence-electron chi connectivity index (χ0n) is 16.4. The highest BCUT2D eigenvalue weighted by molar-refractivity contribution is 5.98. The number of esters is 1. The van der Waals surface area contributed by atoms with Crippen molar-refractivity contribution in [2.75, 3.05) is 31.1 Å². The molecule has 0 N–H and O–H groups in total. The molecule has 0 spiro atoms. The van der Waals surface area contributed by atoms with Gasteiger partial charge in [0.15, 0.2) is 6.10 Å². The van der Waals surface area contributed by atoms with Gasteiger partial charge in [-0.05, 0) is 44.6 Å². The summed E-state index contributed by atoms with van der Waals surface area (Å²) in [5.41, 5.74) is 0.604. The summed E-state index contributed by atoms with van der Waals surface area (Å²) in [5, 5.41) is 11.2. The van der Waals surface area contributed by atoms with Crippen molar-refractivity contribution >= 4 is 23.3 Å². The molecule has 28 heavy (non-hydrogen) atoms. The number of carbonyl (C=O) groups is 2. The number of ether oxygens (including phenoxy) is 1. The number of non-ortho nitro benzene ring substituents is 1. The molecule has 2 heterocycles. The van der Waals surface area contributed by atoms with E-state index in [1.807, 2.05) is 0 Å². The van der Waals surface area contributed by atoms with Crippen molar-refractivity contribution in [2.24, 2.45) is 5.92 Å². The van der Waals surface area contributed by atoms with Crippen LogP contribution in [0.1, 0.15) is 49.9 Å². The lowest BCUT2D eigenvalue weighted by Gasteiger charge is -2.33. The lowest BCUT2D eigenvalue weighted by molar-refractivity contribution is -0.384. The Morgan fingerprint density at radius 1 is 1.18 bits per heavy atom. The van der Waals surface area contributed by atoms with Gasteiger partial charge in [0.2, 0.25) is 0 Å². The van der Waals surface area contributed by atoms with E-state index in [1.165, 1.54) is 12.1 Å². The number of anilines is 1. The van der Waals surface area contributed by atoms with Crippen LogP contribution in [0.4, 0.5) is 11.4 Å².